The molecule has 2 fully saturated rings. The highest BCUT2D eigenvalue weighted by atomic mass is 16.2. The maximum absolute atomic E-state index is 12.9. The average Bonchev–Trinajstić information content (AvgIpc) is 2.89. The van der Waals surface area contributed by atoms with Gasteiger partial charge in [0.05, 0.1) is 6.04 Å². The van der Waals surface area contributed by atoms with Gasteiger partial charge in [0.2, 0.25) is 5.91 Å². The van der Waals surface area contributed by atoms with Gasteiger partial charge in [-0.3, -0.25) is 4.79 Å². The van der Waals surface area contributed by atoms with Crippen molar-refractivity contribution in [3.05, 3.63) is 0 Å². The van der Waals surface area contributed by atoms with Gasteiger partial charge in [-0.05, 0) is 44.1 Å². The predicted molar refractivity (Wildman–Crippen MR) is 79.0 cm³/mol. The molecular weight excluding hydrogens is 236 g/mol. The minimum Gasteiger partial charge on any atom is -0.338 e. The van der Waals surface area contributed by atoms with Gasteiger partial charge in [-0.15, -0.1) is 0 Å². The molecule has 1 aliphatic carbocycles. The van der Waals surface area contributed by atoms with Gasteiger partial charge >= 0.3 is 0 Å². The monoisotopic (exact) mass is 266 g/mol. The molecule has 110 valence electrons. The first-order valence-corrected chi connectivity index (χ1v) is 8.13. The Balaban J connectivity index is 2.05. The van der Waals surface area contributed by atoms with Crippen molar-refractivity contribution in [2.24, 2.45) is 11.8 Å². The molecule has 19 heavy (non-hydrogen) atoms. The minimum absolute atomic E-state index is 0.0631. The molecule has 2 aliphatic rings. The Morgan fingerprint density at radius 1 is 1.21 bits per heavy atom. The first kappa shape index (κ1) is 14.8. The molecule has 3 heteroatoms. The van der Waals surface area contributed by atoms with E-state index in [-0.39, 0.29) is 6.04 Å². The lowest BCUT2D eigenvalue weighted by molar-refractivity contribution is -0.138. The number of hydrogen-bond donors (Lipinski definition) is 1. The van der Waals surface area contributed by atoms with Crippen LogP contribution in [0.1, 0.15) is 59.3 Å². The predicted octanol–water partition coefficient (Wildman–Crippen LogP) is 2.80. The van der Waals surface area contributed by atoms with Crippen molar-refractivity contribution in [1.82, 2.24) is 10.2 Å². The number of nitrogens with zero attached hydrogens (tertiary/aromatic N) is 1. The Morgan fingerprint density at radius 2 is 1.89 bits per heavy atom. The molecule has 1 heterocycles. The molecule has 1 amide bonds. The number of amides is 1. The normalized spacial score (nSPS) is 28.8. The highest BCUT2D eigenvalue weighted by Crippen LogP contribution is 2.27. The van der Waals surface area contributed by atoms with E-state index in [0.717, 1.165) is 13.1 Å². The Hall–Kier alpha value is -0.570. The number of piperidine rings is 1. The summed E-state index contributed by atoms with van der Waals surface area (Å²) >= 11 is 0. The molecule has 1 saturated carbocycles. The fourth-order valence-corrected chi connectivity index (χ4v) is 3.59. The highest BCUT2D eigenvalue weighted by molar-refractivity contribution is 5.82. The van der Waals surface area contributed by atoms with E-state index in [0.29, 0.717) is 23.8 Å². The van der Waals surface area contributed by atoms with E-state index >= 15 is 0 Å². The Labute approximate surface area is 118 Å². The lowest BCUT2D eigenvalue weighted by atomic mass is 9.91. The number of rotatable bonds is 4. The largest absolute Gasteiger partial charge is 0.338 e. The van der Waals surface area contributed by atoms with Gasteiger partial charge in [0.25, 0.3) is 0 Å². The zero-order valence-corrected chi connectivity index (χ0v) is 12.8. The standard InChI is InChI=1S/C16H30N2O/c1-12(2)11-18(14-8-4-5-9-14)16(19)15-13(3)7-6-10-17-15/h12-15,17H,4-11H2,1-3H3. The third-order valence-electron chi connectivity index (χ3n) is 4.65. The molecule has 2 atom stereocenters. The summed E-state index contributed by atoms with van der Waals surface area (Å²) < 4.78 is 0. The van der Waals surface area contributed by atoms with Crippen LogP contribution >= 0.6 is 0 Å². The van der Waals surface area contributed by atoms with Crippen molar-refractivity contribution in [3.8, 4) is 0 Å². The summed E-state index contributed by atoms with van der Waals surface area (Å²) in [5.74, 6) is 1.41. The summed E-state index contributed by atoms with van der Waals surface area (Å²) in [6.45, 7) is 8.58. The molecule has 2 rings (SSSR count). The molecule has 1 aliphatic heterocycles. The molecule has 3 nitrogen and oxygen atoms in total. The minimum atomic E-state index is 0.0631. The maximum Gasteiger partial charge on any atom is 0.240 e. The van der Waals surface area contributed by atoms with E-state index in [2.05, 4.69) is 31.0 Å². The summed E-state index contributed by atoms with van der Waals surface area (Å²) in [6, 6.07) is 0.568. The van der Waals surface area contributed by atoms with Crippen LogP contribution in [0.3, 0.4) is 0 Å². The first-order valence-electron chi connectivity index (χ1n) is 8.13. The summed E-state index contributed by atoms with van der Waals surface area (Å²) in [6.07, 6.45) is 7.39. The van der Waals surface area contributed by atoms with Crippen LogP contribution in [0.25, 0.3) is 0 Å². The van der Waals surface area contributed by atoms with Gasteiger partial charge in [0.1, 0.15) is 0 Å². The van der Waals surface area contributed by atoms with Crippen LogP contribution in [0.2, 0.25) is 0 Å². The second-order valence-corrected chi connectivity index (χ2v) is 6.87. The van der Waals surface area contributed by atoms with Crippen molar-refractivity contribution in [3.63, 3.8) is 0 Å². The van der Waals surface area contributed by atoms with Gasteiger partial charge < -0.3 is 10.2 Å². The molecule has 0 aromatic rings. The van der Waals surface area contributed by atoms with Gasteiger partial charge in [0, 0.05) is 12.6 Å². The molecule has 0 aromatic carbocycles. The number of carbonyl (C=O) groups is 1. The van der Waals surface area contributed by atoms with Crippen LogP contribution in [0.4, 0.5) is 0 Å². The van der Waals surface area contributed by atoms with Gasteiger partial charge in [-0.25, -0.2) is 0 Å². The molecular formula is C16H30N2O. The lowest BCUT2D eigenvalue weighted by Crippen LogP contribution is -2.55. The van der Waals surface area contributed by atoms with Crippen LogP contribution in [0.5, 0.6) is 0 Å². The lowest BCUT2D eigenvalue weighted by Gasteiger charge is -2.37. The molecule has 2 unspecified atom stereocenters. The van der Waals surface area contributed by atoms with Crippen LogP contribution in [-0.4, -0.2) is 36.0 Å². The summed E-state index contributed by atoms with van der Waals surface area (Å²) in [4.78, 5) is 15.1. The van der Waals surface area contributed by atoms with Gasteiger partial charge in [0.15, 0.2) is 0 Å². The first-order chi connectivity index (χ1) is 9.09. The number of hydrogen-bond acceptors (Lipinski definition) is 2. The van der Waals surface area contributed by atoms with Crippen molar-refractivity contribution in [1.29, 1.82) is 0 Å². The summed E-state index contributed by atoms with van der Waals surface area (Å²) in [5, 5.41) is 3.45. The molecule has 0 bridgehead atoms. The smallest absolute Gasteiger partial charge is 0.240 e. The third-order valence-corrected chi connectivity index (χ3v) is 4.65. The second kappa shape index (κ2) is 6.74. The molecule has 1 N–H and O–H groups in total. The third kappa shape index (κ3) is 3.71. The van der Waals surface area contributed by atoms with E-state index in [4.69, 9.17) is 0 Å². The van der Waals surface area contributed by atoms with Crippen molar-refractivity contribution >= 4 is 5.91 Å². The van der Waals surface area contributed by atoms with Crippen molar-refractivity contribution in [2.75, 3.05) is 13.1 Å². The fraction of sp³-hybridized carbons (Fsp3) is 0.938. The molecule has 0 spiro atoms. The van der Waals surface area contributed by atoms with E-state index in [1.165, 1.54) is 38.5 Å². The zero-order valence-electron chi connectivity index (χ0n) is 12.8. The van der Waals surface area contributed by atoms with Crippen molar-refractivity contribution < 1.29 is 4.79 Å². The summed E-state index contributed by atoms with van der Waals surface area (Å²) in [5.41, 5.74) is 0. The highest BCUT2D eigenvalue weighted by Gasteiger charge is 2.35. The topological polar surface area (TPSA) is 32.3 Å². The zero-order chi connectivity index (χ0) is 13.8. The molecule has 0 aromatic heterocycles. The van der Waals surface area contributed by atoms with Crippen molar-refractivity contribution in [2.45, 2.75) is 71.4 Å². The fourth-order valence-electron chi connectivity index (χ4n) is 3.59. The quantitative estimate of drug-likeness (QED) is 0.848. The van der Waals surface area contributed by atoms with E-state index in [9.17, 15) is 4.79 Å². The molecule has 1 saturated heterocycles. The second-order valence-electron chi connectivity index (χ2n) is 6.87. The van der Waals surface area contributed by atoms with Gasteiger partial charge in [-0.1, -0.05) is 33.6 Å². The van der Waals surface area contributed by atoms with Crippen LogP contribution < -0.4 is 5.32 Å². The average molecular weight is 266 g/mol. The Bertz CT molecular complexity index is 297. The van der Waals surface area contributed by atoms with E-state index < -0.39 is 0 Å². The van der Waals surface area contributed by atoms with Crippen LogP contribution in [0, 0.1) is 11.8 Å². The Morgan fingerprint density at radius 3 is 2.47 bits per heavy atom. The SMILES string of the molecule is CC(C)CN(C(=O)C1NCCCC1C)C1CCCC1. The Kier molecular flexibility index (Phi) is 5.26. The van der Waals surface area contributed by atoms with Crippen LogP contribution in [0.15, 0.2) is 0 Å². The van der Waals surface area contributed by atoms with Crippen LogP contribution in [-0.2, 0) is 4.79 Å². The molecule has 0 radical (unpaired) electrons. The van der Waals surface area contributed by atoms with E-state index in [1.807, 2.05) is 0 Å². The number of nitrogens with one attached hydrogen (secondary N) is 1. The summed E-state index contributed by atoms with van der Waals surface area (Å²) in [7, 11) is 0. The van der Waals surface area contributed by atoms with Gasteiger partial charge in [-0.2, -0.15) is 0 Å². The number of carbonyl (C=O) groups excluding carboxylic acids is 1. The maximum atomic E-state index is 12.9. The van der Waals surface area contributed by atoms with E-state index in [1.54, 1.807) is 0 Å².